The molecule has 3 aromatic rings. The van der Waals surface area contributed by atoms with Crippen molar-refractivity contribution in [2.75, 3.05) is 6.51 Å². The van der Waals surface area contributed by atoms with Crippen LogP contribution < -0.4 is 4.74 Å². The molecule has 1 aliphatic rings. The highest BCUT2D eigenvalue weighted by Gasteiger charge is 2.25. The van der Waals surface area contributed by atoms with Crippen LogP contribution >= 0.6 is 0 Å². The summed E-state index contributed by atoms with van der Waals surface area (Å²) in [7, 11) is 5.22. The van der Waals surface area contributed by atoms with Crippen LogP contribution in [0.25, 0.3) is 22.3 Å². The van der Waals surface area contributed by atoms with Gasteiger partial charge in [-0.05, 0) is 73.3 Å². The second-order valence-electron chi connectivity index (χ2n) is 8.60. The zero-order valence-corrected chi connectivity index (χ0v) is 19.0. The standard InChI is InChI=1S/C28H25BF4O/c1-2-3-17-4-6-18(7-5-17)21-12-13-22(26(31)25(21)30)19-8-10-20(11-9-19)23-14-15-24(34-16-29)28(33)27(23)32/h2-3,8-15,17-18H,4-7,16H2,1H3/b3-2+. The Morgan fingerprint density at radius 3 is 1.88 bits per heavy atom. The SMILES string of the molecule is [B]COc1ccc(-c2ccc(-c3ccc(C4CCC(/C=C/C)CC4)c(F)c3F)cc2)c(F)c1F. The molecule has 0 heterocycles. The van der Waals surface area contributed by atoms with E-state index in [4.69, 9.17) is 12.6 Å². The van der Waals surface area contributed by atoms with Crippen molar-refractivity contribution in [3.05, 3.63) is 89.5 Å². The summed E-state index contributed by atoms with van der Waals surface area (Å²) in [6.45, 7) is 1.72. The molecule has 0 aromatic heterocycles. The highest BCUT2D eigenvalue weighted by Crippen LogP contribution is 2.39. The van der Waals surface area contributed by atoms with E-state index in [-0.39, 0.29) is 29.3 Å². The summed E-state index contributed by atoms with van der Waals surface area (Å²) in [4.78, 5) is 0. The fourth-order valence-electron chi connectivity index (χ4n) is 4.78. The van der Waals surface area contributed by atoms with Crippen molar-refractivity contribution in [1.82, 2.24) is 0 Å². The lowest BCUT2D eigenvalue weighted by atomic mass is 9.78. The molecule has 1 nitrogen and oxygen atoms in total. The van der Waals surface area contributed by atoms with Gasteiger partial charge in [0, 0.05) is 17.6 Å². The molecule has 6 heteroatoms. The Labute approximate surface area is 198 Å². The first-order chi connectivity index (χ1) is 16.4. The van der Waals surface area contributed by atoms with Gasteiger partial charge in [0.1, 0.15) is 7.85 Å². The van der Waals surface area contributed by atoms with Crippen molar-refractivity contribution >= 4 is 7.85 Å². The molecule has 1 fully saturated rings. The van der Waals surface area contributed by atoms with E-state index in [2.05, 4.69) is 6.08 Å². The predicted octanol–water partition coefficient (Wildman–Crippen LogP) is 7.93. The molecule has 1 saturated carbocycles. The number of ether oxygens (including phenoxy) is 1. The third-order valence-electron chi connectivity index (χ3n) is 6.58. The van der Waals surface area contributed by atoms with Crippen molar-refractivity contribution in [3.63, 3.8) is 0 Å². The normalized spacial score (nSPS) is 18.4. The summed E-state index contributed by atoms with van der Waals surface area (Å²) in [5.74, 6) is -3.64. The van der Waals surface area contributed by atoms with Gasteiger partial charge in [0.25, 0.3) is 0 Å². The first-order valence-corrected chi connectivity index (χ1v) is 11.5. The molecule has 3 aromatic carbocycles. The zero-order chi connectivity index (χ0) is 24.2. The molecule has 0 atom stereocenters. The Morgan fingerprint density at radius 2 is 1.32 bits per heavy atom. The summed E-state index contributed by atoms with van der Waals surface area (Å²) in [5.41, 5.74) is 1.44. The van der Waals surface area contributed by atoms with Gasteiger partial charge < -0.3 is 4.74 Å². The maximum atomic E-state index is 15.0. The Morgan fingerprint density at radius 1 is 0.765 bits per heavy atom. The number of hydrogen-bond donors (Lipinski definition) is 0. The third-order valence-corrected chi connectivity index (χ3v) is 6.58. The Hall–Kier alpha value is -3.02. The first kappa shape index (κ1) is 24.1. The summed E-state index contributed by atoms with van der Waals surface area (Å²) in [6.07, 6.45) is 7.82. The van der Waals surface area contributed by atoms with E-state index in [9.17, 15) is 8.78 Å². The number of hydrogen-bond acceptors (Lipinski definition) is 1. The predicted molar refractivity (Wildman–Crippen MR) is 128 cm³/mol. The van der Waals surface area contributed by atoms with E-state index in [0.717, 1.165) is 25.7 Å². The fraction of sp³-hybridized carbons (Fsp3) is 0.286. The lowest BCUT2D eigenvalue weighted by Crippen LogP contribution is -2.13. The van der Waals surface area contributed by atoms with Gasteiger partial charge in [0.05, 0.1) is 0 Å². The molecule has 174 valence electrons. The van der Waals surface area contributed by atoms with Gasteiger partial charge >= 0.3 is 0 Å². The number of benzene rings is 3. The van der Waals surface area contributed by atoms with Crippen molar-refractivity contribution < 1.29 is 22.3 Å². The van der Waals surface area contributed by atoms with E-state index >= 15 is 8.78 Å². The van der Waals surface area contributed by atoms with Crippen LogP contribution in [0.3, 0.4) is 0 Å². The van der Waals surface area contributed by atoms with E-state index in [0.29, 0.717) is 22.6 Å². The second kappa shape index (κ2) is 10.5. The molecule has 34 heavy (non-hydrogen) atoms. The smallest absolute Gasteiger partial charge is 0.201 e. The van der Waals surface area contributed by atoms with Crippen molar-refractivity contribution in [1.29, 1.82) is 0 Å². The Bertz CT molecular complexity index is 1180. The fourth-order valence-corrected chi connectivity index (χ4v) is 4.78. The zero-order valence-electron chi connectivity index (χ0n) is 19.0. The number of allylic oxidation sites excluding steroid dienone is 2. The van der Waals surface area contributed by atoms with Crippen LogP contribution in [-0.4, -0.2) is 14.4 Å². The lowest BCUT2D eigenvalue weighted by molar-refractivity contribution is 0.352. The Kier molecular flexibility index (Phi) is 7.45. The summed E-state index contributed by atoms with van der Waals surface area (Å²) in [5, 5.41) is 0. The molecule has 0 bridgehead atoms. The second-order valence-corrected chi connectivity index (χ2v) is 8.60. The highest BCUT2D eigenvalue weighted by atomic mass is 19.2. The first-order valence-electron chi connectivity index (χ1n) is 11.5. The van der Waals surface area contributed by atoms with Crippen LogP contribution in [0.15, 0.2) is 60.7 Å². The largest absolute Gasteiger partial charge is 0.500 e. The molecule has 2 radical (unpaired) electrons. The van der Waals surface area contributed by atoms with Gasteiger partial charge in [0.2, 0.25) is 5.82 Å². The molecule has 0 spiro atoms. The molecule has 0 unspecified atom stereocenters. The topological polar surface area (TPSA) is 9.23 Å². The van der Waals surface area contributed by atoms with E-state index < -0.39 is 23.3 Å². The average molecular weight is 464 g/mol. The number of rotatable bonds is 6. The van der Waals surface area contributed by atoms with Crippen LogP contribution in [0.2, 0.25) is 0 Å². The third kappa shape index (κ3) is 4.77. The van der Waals surface area contributed by atoms with Crippen molar-refractivity contribution in [3.8, 4) is 28.0 Å². The number of halogens is 4. The van der Waals surface area contributed by atoms with Gasteiger partial charge in [-0.2, -0.15) is 4.39 Å². The van der Waals surface area contributed by atoms with E-state index in [1.807, 2.05) is 13.0 Å². The van der Waals surface area contributed by atoms with Gasteiger partial charge in [-0.1, -0.05) is 48.6 Å². The van der Waals surface area contributed by atoms with Gasteiger partial charge in [-0.3, -0.25) is 0 Å². The molecular formula is C28H25BF4O. The van der Waals surface area contributed by atoms with Crippen molar-refractivity contribution in [2.45, 2.75) is 38.5 Å². The monoisotopic (exact) mass is 464 g/mol. The molecule has 0 saturated heterocycles. The van der Waals surface area contributed by atoms with Crippen LogP contribution in [-0.2, 0) is 0 Å². The summed E-state index contributed by atoms with van der Waals surface area (Å²) >= 11 is 0. The minimum absolute atomic E-state index is 0.0107. The average Bonchev–Trinajstić information content (AvgIpc) is 2.85. The van der Waals surface area contributed by atoms with Crippen LogP contribution in [0, 0.1) is 29.2 Å². The van der Waals surface area contributed by atoms with E-state index in [1.165, 1.54) is 12.1 Å². The highest BCUT2D eigenvalue weighted by molar-refractivity contribution is 6.08. The van der Waals surface area contributed by atoms with E-state index in [1.54, 1.807) is 36.4 Å². The van der Waals surface area contributed by atoms with Gasteiger partial charge in [-0.15, -0.1) is 0 Å². The van der Waals surface area contributed by atoms with Crippen molar-refractivity contribution in [2.24, 2.45) is 5.92 Å². The molecule has 4 rings (SSSR count). The maximum Gasteiger partial charge on any atom is 0.201 e. The van der Waals surface area contributed by atoms with Crippen LogP contribution in [0.5, 0.6) is 5.75 Å². The summed E-state index contributed by atoms with van der Waals surface area (Å²) < 4.78 is 63.6. The van der Waals surface area contributed by atoms with Crippen LogP contribution in [0.4, 0.5) is 17.6 Å². The molecule has 0 N–H and O–H groups in total. The minimum Gasteiger partial charge on any atom is -0.500 e. The molecule has 0 amide bonds. The molecule has 0 aliphatic heterocycles. The van der Waals surface area contributed by atoms with Gasteiger partial charge in [0.15, 0.2) is 23.2 Å². The maximum absolute atomic E-state index is 15.0. The minimum atomic E-state index is -1.13. The van der Waals surface area contributed by atoms with Gasteiger partial charge in [-0.25, -0.2) is 13.2 Å². The molecule has 1 aliphatic carbocycles. The quantitative estimate of drug-likeness (QED) is 0.205. The molecular weight excluding hydrogens is 439 g/mol. The van der Waals surface area contributed by atoms with Crippen LogP contribution in [0.1, 0.15) is 44.1 Å². The summed E-state index contributed by atoms with van der Waals surface area (Å²) in [6, 6.07) is 12.2. The Balaban J connectivity index is 1.57. The lowest BCUT2D eigenvalue weighted by Gasteiger charge is -2.27.